The molecule has 0 aliphatic heterocycles. The van der Waals surface area contributed by atoms with Crippen molar-refractivity contribution in [2.75, 3.05) is 5.32 Å². The average Bonchev–Trinajstić information content (AvgIpc) is 2.80. The number of amides is 1. The minimum Gasteiger partial charge on any atom is -0.328 e. The van der Waals surface area contributed by atoms with Gasteiger partial charge in [0.15, 0.2) is 5.13 Å². The molecule has 0 radical (unpaired) electrons. The van der Waals surface area contributed by atoms with Gasteiger partial charge in [-0.25, -0.2) is 4.98 Å². The van der Waals surface area contributed by atoms with E-state index in [0.717, 1.165) is 43.7 Å². The molecule has 1 amide bonds. The molecule has 2 unspecified atom stereocenters. The Balaban J connectivity index is 1.64. The van der Waals surface area contributed by atoms with Crippen LogP contribution >= 0.6 is 11.3 Å². The first-order valence-corrected chi connectivity index (χ1v) is 9.09. The molecule has 1 aromatic rings. The summed E-state index contributed by atoms with van der Waals surface area (Å²) in [5.41, 5.74) is 7.20. The standard InChI is InChI=1S/C16H25N3OS/c17-12-7-5-6-11(10-12)15(20)19-16-18-13-8-3-1-2-4-9-14(13)21-16/h11-12H,1-10,17H2,(H,18,19,20). The highest BCUT2D eigenvalue weighted by molar-refractivity contribution is 7.15. The highest BCUT2D eigenvalue weighted by atomic mass is 32.1. The van der Waals surface area contributed by atoms with Crippen molar-refractivity contribution in [2.45, 2.75) is 70.3 Å². The van der Waals surface area contributed by atoms with E-state index >= 15 is 0 Å². The van der Waals surface area contributed by atoms with Crippen LogP contribution in [0.15, 0.2) is 0 Å². The second-order valence-electron chi connectivity index (χ2n) is 6.42. The maximum absolute atomic E-state index is 12.4. The molecule has 0 spiro atoms. The summed E-state index contributed by atoms with van der Waals surface area (Å²) in [6, 6.07) is 0.186. The number of hydrogen-bond donors (Lipinski definition) is 2. The van der Waals surface area contributed by atoms with Gasteiger partial charge in [-0.3, -0.25) is 4.79 Å². The molecule has 1 aromatic heterocycles. The van der Waals surface area contributed by atoms with Gasteiger partial charge < -0.3 is 11.1 Å². The molecule has 3 rings (SSSR count). The zero-order valence-corrected chi connectivity index (χ0v) is 13.4. The molecular weight excluding hydrogens is 282 g/mol. The predicted octanol–water partition coefficient (Wildman–Crippen LogP) is 3.26. The number of nitrogens with two attached hydrogens (primary N) is 1. The number of fused-ring (bicyclic) bond motifs is 1. The number of carbonyl (C=O) groups excluding carboxylic acids is 1. The Morgan fingerprint density at radius 2 is 1.95 bits per heavy atom. The van der Waals surface area contributed by atoms with Gasteiger partial charge in [-0.2, -0.15) is 0 Å². The van der Waals surface area contributed by atoms with E-state index in [-0.39, 0.29) is 17.9 Å². The first-order chi connectivity index (χ1) is 10.2. The molecule has 4 nitrogen and oxygen atoms in total. The Kier molecular flexibility index (Phi) is 4.91. The number of aryl methyl sites for hydroxylation is 2. The van der Waals surface area contributed by atoms with Crippen molar-refractivity contribution in [3.05, 3.63) is 10.6 Å². The van der Waals surface area contributed by atoms with Gasteiger partial charge in [0.1, 0.15) is 0 Å². The van der Waals surface area contributed by atoms with Crippen molar-refractivity contribution < 1.29 is 4.79 Å². The quantitative estimate of drug-likeness (QED) is 0.881. The summed E-state index contributed by atoms with van der Waals surface area (Å²) in [5, 5.41) is 3.84. The molecule has 1 saturated carbocycles. The van der Waals surface area contributed by atoms with Crippen molar-refractivity contribution in [1.29, 1.82) is 0 Å². The fraction of sp³-hybridized carbons (Fsp3) is 0.750. The highest BCUT2D eigenvalue weighted by Crippen LogP contribution is 2.30. The number of carbonyl (C=O) groups is 1. The van der Waals surface area contributed by atoms with E-state index < -0.39 is 0 Å². The molecule has 0 aromatic carbocycles. The van der Waals surface area contributed by atoms with E-state index in [1.54, 1.807) is 11.3 Å². The number of nitrogens with one attached hydrogen (secondary N) is 1. The third-order valence-corrected chi connectivity index (χ3v) is 5.73. The van der Waals surface area contributed by atoms with Crippen molar-refractivity contribution in [2.24, 2.45) is 11.7 Å². The largest absolute Gasteiger partial charge is 0.328 e. The van der Waals surface area contributed by atoms with E-state index in [2.05, 4.69) is 10.3 Å². The van der Waals surface area contributed by atoms with Crippen LogP contribution < -0.4 is 11.1 Å². The lowest BCUT2D eigenvalue weighted by atomic mass is 9.86. The van der Waals surface area contributed by atoms with Crippen LogP contribution in [0, 0.1) is 5.92 Å². The summed E-state index contributed by atoms with van der Waals surface area (Å²) in [5.74, 6) is 0.187. The number of aromatic nitrogens is 1. The van der Waals surface area contributed by atoms with Crippen LogP contribution in [-0.2, 0) is 17.6 Å². The summed E-state index contributed by atoms with van der Waals surface area (Å²) in [4.78, 5) is 18.4. The fourth-order valence-electron chi connectivity index (χ4n) is 3.43. The van der Waals surface area contributed by atoms with Gasteiger partial charge in [0.25, 0.3) is 0 Å². The lowest BCUT2D eigenvalue weighted by Crippen LogP contribution is -2.34. The summed E-state index contributed by atoms with van der Waals surface area (Å²) < 4.78 is 0. The second kappa shape index (κ2) is 6.88. The van der Waals surface area contributed by atoms with Gasteiger partial charge in [0, 0.05) is 16.8 Å². The second-order valence-corrected chi connectivity index (χ2v) is 7.50. The van der Waals surface area contributed by atoms with Gasteiger partial charge >= 0.3 is 0 Å². The van der Waals surface area contributed by atoms with Crippen molar-refractivity contribution >= 4 is 22.4 Å². The normalized spacial score (nSPS) is 26.5. The van der Waals surface area contributed by atoms with Crippen LogP contribution in [-0.4, -0.2) is 16.9 Å². The number of thiazole rings is 1. The molecular formula is C16H25N3OS. The fourth-order valence-corrected chi connectivity index (χ4v) is 4.48. The highest BCUT2D eigenvalue weighted by Gasteiger charge is 2.26. The first kappa shape index (κ1) is 15.0. The maximum atomic E-state index is 12.4. The predicted molar refractivity (Wildman–Crippen MR) is 86.6 cm³/mol. The summed E-state index contributed by atoms with van der Waals surface area (Å²) in [6.07, 6.45) is 11.2. The molecule has 2 atom stereocenters. The summed E-state index contributed by atoms with van der Waals surface area (Å²) in [7, 11) is 0. The monoisotopic (exact) mass is 307 g/mol. The number of rotatable bonds is 2. The van der Waals surface area contributed by atoms with Gasteiger partial charge in [-0.1, -0.05) is 19.3 Å². The molecule has 5 heteroatoms. The van der Waals surface area contributed by atoms with E-state index in [0.29, 0.717) is 0 Å². The average molecular weight is 307 g/mol. The number of nitrogens with zero attached hydrogens (tertiary/aromatic N) is 1. The van der Waals surface area contributed by atoms with Crippen LogP contribution in [0.2, 0.25) is 0 Å². The minimum absolute atomic E-state index is 0.0697. The first-order valence-electron chi connectivity index (χ1n) is 8.27. The van der Waals surface area contributed by atoms with E-state index in [1.807, 2.05) is 0 Å². The molecule has 0 bridgehead atoms. The third-order valence-electron chi connectivity index (χ3n) is 4.66. The van der Waals surface area contributed by atoms with Crippen LogP contribution in [0.3, 0.4) is 0 Å². The van der Waals surface area contributed by atoms with Crippen molar-refractivity contribution in [1.82, 2.24) is 4.98 Å². The molecule has 2 aliphatic rings. The summed E-state index contributed by atoms with van der Waals surface area (Å²) in [6.45, 7) is 0. The minimum atomic E-state index is 0.0697. The van der Waals surface area contributed by atoms with E-state index in [1.165, 1.54) is 36.3 Å². The Hall–Kier alpha value is -0.940. The Labute approximate surface area is 130 Å². The lowest BCUT2D eigenvalue weighted by Gasteiger charge is -2.25. The topological polar surface area (TPSA) is 68.0 Å². The zero-order valence-electron chi connectivity index (χ0n) is 12.6. The third kappa shape index (κ3) is 3.83. The lowest BCUT2D eigenvalue weighted by molar-refractivity contribution is -0.120. The molecule has 3 N–H and O–H groups in total. The Bertz CT molecular complexity index is 474. The van der Waals surface area contributed by atoms with Gasteiger partial charge in [-0.15, -0.1) is 11.3 Å². The SMILES string of the molecule is NC1CCCC(C(=O)Nc2nc3c(s2)CCCCCC3)C1. The van der Waals surface area contributed by atoms with Crippen molar-refractivity contribution in [3.8, 4) is 0 Å². The van der Waals surface area contributed by atoms with E-state index in [9.17, 15) is 4.79 Å². The smallest absolute Gasteiger partial charge is 0.229 e. The Morgan fingerprint density at radius 3 is 2.76 bits per heavy atom. The van der Waals surface area contributed by atoms with E-state index in [4.69, 9.17) is 5.73 Å². The number of anilines is 1. The Morgan fingerprint density at radius 1 is 1.14 bits per heavy atom. The molecule has 2 aliphatic carbocycles. The molecule has 21 heavy (non-hydrogen) atoms. The van der Waals surface area contributed by atoms with Crippen molar-refractivity contribution in [3.63, 3.8) is 0 Å². The van der Waals surface area contributed by atoms with Gasteiger partial charge in [0.05, 0.1) is 5.69 Å². The molecule has 116 valence electrons. The van der Waals surface area contributed by atoms with Gasteiger partial charge in [0.2, 0.25) is 5.91 Å². The van der Waals surface area contributed by atoms with Crippen LogP contribution in [0.4, 0.5) is 5.13 Å². The van der Waals surface area contributed by atoms with Crippen LogP contribution in [0.5, 0.6) is 0 Å². The molecule has 0 saturated heterocycles. The molecule has 1 fully saturated rings. The number of hydrogen-bond acceptors (Lipinski definition) is 4. The zero-order chi connectivity index (χ0) is 14.7. The van der Waals surface area contributed by atoms with Crippen LogP contribution in [0.1, 0.15) is 61.9 Å². The molecule has 1 heterocycles. The summed E-state index contributed by atoms with van der Waals surface area (Å²) >= 11 is 1.68. The van der Waals surface area contributed by atoms with Crippen LogP contribution in [0.25, 0.3) is 0 Å². The van der Waals surface area contributed by atoms with Gasteiger partial charge in [-0.05, 0) is 44.9 Å². The maximum Gasteiger partial charge on any atom is 0.229 e.